The lowest BCUT2D eigenvalue weighted by Crippen LogP contribution is -2.10. The molecule has 2 heterocycles. The zero-order chi connectivity index (χ0) is 14.7. The Hall–Kier alpha value is -0.910. The molecular weight excluding hydrogens is 342 g/mol. The Morgan fingerprint density at radius 1 is 1.45 bits per heavy atom. The molecule has 0 radical (unpaired) electrons. The van der Waals surface area contributed by atoms with Crippen LogP contribution in [-0.4, -0.2) is 19.9 Å². The molecule has 0 saturated heterocycles. The standard InChI is InChI=1S/C14H17BrClN3O/c1-3-10-13(15)11(19(4-2)18-10)8-12(20)14-9(16)6-5-7-17-14/h5-7,12,20H,3-4,8H2,1-2H3. The SMILES string of the molecule is CCc1nn(CC)c(CC(O)c2ncccc2Cl)c1Br. The number of aliphatic hydroxyl groups is 1. The van der Waals surface area contributed by atoms with Crippen molar-refractivity contribution in [2.24, 2.45) is 0 Å². The molecule has 108 valence electrons. The molecule has 20 heavy (non-hydrogen) atoms. The van der Waals surface area contributed by atoms with Crippen LogP contribution in [0.2, 0.25) is 5.02 Å². The van der Waals surface area contributed by atoms with Crippen molar-refractivity contribution >= 4 is 27.5 Å². The molecule has 0 aromatic carbocycles. The Kier molecular flexibility index (Phi) is 5.18. The van der Waals surface area contributed by atoms with Crippen LogP contribution in [-0.2, 0) is 19.4 Å². The van der Waals surface area contributed by atoms with Crippen LogP contribution in [0.25, 0.3) is 0 Å². The topological polar surface area (TPSA) is 50.9 Å². The molecule has 0 spiro atoms. The molecule has 0 aliphatic rings. The first-order valence-corrected chi connectivity index (χ1v) is 7.78. The van der Waals surface area contributed by atoms with E-state index >= 15 is 0 Å². The molecule has 0 bridgehead atoms. The van der Waals surface area contributed by atoms with Crippen LogP contribution in [0.4, 0.5) is 0 Å². The number of halogens is 2. The van der Waals surface area contributed by atoms with E-state index in [9.17, 15) is 5.11 Å². The van der Waals surface area contributed by atoms with Gasteiger partial charge in [0.15, 0.2) is 0 Å². The van der Waals surface area contributed by atoms with Crippen LogP contribution in [0.1, 0.15) is 37.0 Å². The molecule has 0 fully saturated rings. The minimum absolute atomic E-state index is 0.429. The lowest BCUT2D eigenvalue weighted by atomic mass is 10.1. The van der Waals surface area contributed by atoms with Crippen molar-refractivity contribution in [1.82, 2.24) is 14.8 Å². The number of aromatic nitrogens is 3. The maximum absolute atomic E-state index is 10.4. The number of aryl methyl sites for hydroxylation is 2. The number of hydrogen-bond acceptors (Lipinski definition) is 3. The van der Waals surface area contributed by atoms with Crippen molar-refractivity contribution in [3.8, 4) is 0 Å². The van der Waals surface area contributed by atoms with Crippen molar-refractivity contribution in [3.05, 3.63) is 44.9 Å². The summed E-state index contributed by atoms with van der Waals surface area (Å²) < 4.78 is 2.87. The summed E-state index contributed by atoms with van der Waals surface area (Å²) in [7, 11) is 0. The van der Waals surface area contributed by atoms with Gasteiger partial charge >= 0.3 is 0 Å². The summed E-state index contributed by atoms with van der Waals surface area (Å²) in [6.45, 7) is 4.85. The maximum Gasteiger partial charge on any atom is 0.103 e. The smallest absolute Gasteiger partial charge is 0.103 e. The molecule has 0 aliphatic heterocycles. The summed E-state index contributed by atoms with van der Waals surface area (Å²) in [4.78, 5) is 4.16. The van der Waals surface area contributed by atoms with Crippen molar-refractivity contribution in [2.75, 3.05) is 0 Å². The number of nitrogens with zero attached hydrogens (tertiary/aromatic N) is 3. The third kappa shape index (κ3) is 3.05. The lowest BCUT2D eigenvalue weighted by molar-refractivity contribution is 0.170. The second-order valence-electron chi connectivity index (χ2n) is 4.47. The molecule has 1 unspecified atom stereocenters. The molecule has 6 heteroatoms. The monoisotopic (exact) mass is 357 g/mol. The van der Waals surface area contributed by atoms with Crippen LogP contribution in [0.3, 0.4) is 0 Å². The highest BCUT2D eigenvalue weighted by Crippen LogP contribution is 2.29. The minimum Gasteiger partial charge on any atom is -0.386 e. The highest BCUT2D eigenvalue weighted by atomic mass is 79.9. The molecule has 1 atom stereocenters. The van der Waals surface area contributed by atoms with E-state index in [2.05, 4.69) is 32.9 Å². The average molecular weight is 359 g/mol. The van der Waals surface area contributed by atoms with Gasteiger partial charge in [0, 0.05) is 19.2 Å². The van der Waals surface area contributed by atoms with Gasteiger partial charge in [-0.25, -0.2) is 0 Å². The molecule has 4 nitrogen and oxygen atoms in total. The Morgan fingerprint density at radius 3 is 2.80 bits per heavy atom. The second-order valence-corrected chi connectivity index (χ2v) is 5.67. The van der Waals surface area contributed by atoms with E-state index in [1.165, 1.54) is 0 Å². The van der Waals surface area contributed by atoms with E-state index in [0.29, 0.717) is 17.1 Å². The normalized spacial score (nSPS) is 12.7. The highest BCUT2D eigenvalue weighted by Gasteiger charge is 2.20. The van der Waals surface area contributed by atoms with Gasteiger partial charge in [0.05, 0.1) is 26.6 Å². The van der Waals surface area contributed by atoms with Gasteiger partial charge in [0.25, 0.3) is 0 Å². The van der Waals surface area contributed by atoms with Gasteiger partial charge in [-0.1, -0.05) is 18.5 Å². The fraction of sp³-hybridized carbons (Fsp3) is 0.429. The van der Waals surface area contributed by atoms with Crippen LogP contribution in [0.15, 0.2) is 22.8 Å². The Morgan fingerprint density at radius 2 is 2.20 bits per heavy atom. The maximum atomic E-state index is 10.4. The van der Waals surface area contributed by atoms with Crippen molar-refractivity contribution in [1.29, 1.82) is 0 Å². The Labute approximate surface area is 131 Å². The van der Waals surface area contributed by atoms with E-state index in [-0.39, 0.29) is 0 Å². The van der Waals surface area contributed by atoms with Gasteiger partial charge < -0.3 is 5.11 Å². The highest BCUT2D eigenvalue weighted by molar-refractivity contribution is 9.10. The van der Waals surface area contributed by atoms with Crippen LogP contribution in [0.5, 0.6) is 0 Å². The van der Waals surface area contributed by atoms with Gasteiger partial charge in [-0.05, 0) is 41.4 Å². The first-order chi connectivity index (χ1) is 9.58. The predicted molar refractivity (Wildman–Crippen MR) is 82.9 cm³/mol. The van der Waals surface area contributed by atoms with Gasteiger partial charge in [-0.3, -0.25) is 9.67 Å². The quantitative estimate of drug-likeness (QED) is 0.889. The molecule has 2 rings (SSSR count). The van der Waals surface area contributed by atoms with Crippen molar-refractivity contribution in [2.45, 2.75) is 39.3 Å². The summed E-state index contributed by atoms with van der Waals surface area (Å²) in [6, 6.07) is 3.48. The number of rotatable bonds is 5. The zero-order valence-corrected chi connectivity index (χ0v) is 13.8. The number of hydrogen-bond donors (Lipinski definition) is 1. The van der Waals surface area contributed by atoms with E-state index in [0.717, 1.165) is 28.8 Å². The summed E-state index contributed by atoms with van der Waals surface area (Å²) in [6.07, 6.45) is 2.17. The van der Waals surface area contributed by atoms with Gasteiger partial charge in [-0.2, -0.15) is 5.10 Å². The summed E-state index contributed by atoms with van der Waals surface area (Å²) >= 11 is 9.65. The predicted octanol–water partition coefficient (Wildman–Crippen LogP) is 3.55. The van der Waals surface area contributed by atoms with E-state index in [4.69, 9.17) is 11.6 Å². The molecule has 0 saturated carbocycles. The fourth-order valence-electron chi connectivity index (χ4n) is 2.14. The largest absolute Gasteiger partial charge is 0.386 e. The van der Waals surface area contributed by atoms with Gasteiger partial charge in [0.2, 0.25) is 0 Å². The molecule has 0 amide bonds. The van der Waals surface area contributed by atoms with E-state index in [1.54, 1.807) is 18.3 Å². The number of aliphatic hydroxyl groups excluding tert-OH is 1. The van der Waals surface area contributed by atoms with Crippen molar-refractivity contribution in [3.63, 3.8) is 0 Å². The van der Waals surface area contributed by atoms with Gasteiger partial charge in [0.1, 0.15) is 6.10 Å². The van der Waals surface area contributed by atoms with Crippen molar-refractivity contribution < 1.29 is 5.11 Å². The van der Waals surface area contributed by atoms with E-state index in [1.807, 2.05) is 11.6 Å². The first-order valence-electron chi connectivity index (χ1n) is 6.60. The van der Waals surface area contributed by atoms with Crippen LogP contribution in [0, 0.1) is 0 Å². The molecule has 0 aliphatic carbocycles. The lowest BCUT2D eigenvalue weighted by Gasteiger charge is -2.13. The Balaban J connectivity index is 2.30. The third-order valence-corrected chi connectivity index (χ3v) is 4.42. The van der Waals surface area contributed by atoms with Gasteiger partial charge in [-0.15, -0.1) is 0 Å². The van der Waals surface area contributed by atoms with Crippen LogP contribution < -0.4 is 0 Å². The average Bonchev–Trinajstić information content (AvgIpc) is 2.75. The number of pyridine rings is 1. The fourth-order valence-corrected chi connectivity index (χ4v) is 3.11. The molecule has 2 aromatic rings. The molecule has 1 N–H and O–H groups in total. The zero-order valence-electron chi connectivity index (χ0n) is 11.5. The Bertz CT molecular complexity index is 600. The summed E-state index contributed by atoms with van der Waals surface area (Å²) in [5.74, 6) is 0. The third-order valence-electron chi connectivity index (χ3n) is 3.18. The summed E-state index contributed by atoms with van der Waals surface area (Å²) in [5, 5.41) is 15.4. The first kappa shape index (κ1) is 15.5. The molecule has 2 aromatic heterocycles. The minimum atomic E-state index is -0.744. The second kappa shape index (κ2) is 6.70. The van der Waals surface area contributed by atoms with Crippen LogP contribution >= 0.6 is 27.5 Å². The van der Waals surface area contributed by atoms with E-state index < -0.39 is 6.10 Å². The molecular formula is C14H17BrClN3O. The summed E-state index contributed by atoms with van der Waals surface area (Å²) in [5.41, 5.74) is 2.47.